The Bertz CT molecular complexity index is 298. The van der Waals surface area contributed by atoms with Gasteiger partial charge in [0.25, 0.3) is 0 Å². The monoisotopic (exact) mass is 219 g/mol. The molecule has 0 heterocycles. The minimum atomic E-state index is -3.13. The number of para-hydroxylation sites is 1. The first kappa shape index (κ1) is 12.6. The van der Waals surface area contributed by atoms with Gasteiger partial charge in [-0.3, -0.25) is 9.88 Å². The maximum absolute atomic E-state index is 10.1. The van der Waals surface area contributed by atoms with E-state index in [1.807, 2.05) is 6.07 Å². The molecule has 0 saturated heterocycles. The highest BCUT2D eigenvalue weighted by atomic mass is 31.1. The molecular formula is C7H10NO5P. The van der Waals surface area contributed by atoms with Gasteiger partial charge in [0.2, 0.25) is 0 Å². The number of hydrogen-bond acceptors (Lipinski definition) is 2. The maximum Gasteiger partial charge on any atom is 0.409 e. The molecule has 7 heteroatoms. The van der Waals surface area contributed by atoms with Gasteiger partial charge in [-0.25, -0.2) is 4.79 Å². The predicted octanol–water partition coefficient (Wildman–Crippen LogP) is 1.14. The molecule has 0 fully saturated rings. The molecule has 0 aliphatic rings. The largest absolute Gasteiger partial charge is 0.465 e. The molecule has 0 aliphatic carbocycles. The molecule has 0 bridgehead atoms. The van der Waals surface area contributed by atoms with Gasteiger partial charge in [0.05, 0.1) is 0 Å². The molecule has 0 aliphatic heterocycles. The number of rotatable bonds is 1. The Kier molecular flexibility index (Phi) is 6.39. The third-order valence-electron chi connectivity index (χ3n) is 1.03. The lowest BCUT2D eigenvalue weighted by Gasteiger charge is -1.96. The number of hydrogen-bond donors (Lipinski definition) is 4. The number of carbonyl (C=O) groups is 1. The minimum absolute atomic E-state index is 0.593. The standard InChI is InChI=1S/C7H7NO2.H3O3P/c9-7(10)8-6-4-2-1-3-5-6;1-4(2)3/h1-5,8H,(H,9,10);4H,(H2,1,2,3). The van der Waals surface area contributed by atoms with Crippen molar-refractivity contribution in [1.29, 1.82) is 0 Å². The van der Waals surface area contributed by atoms with Crippen LogP contribution in [0.5, 0.6) is 0 Å². The lowest BCUT2D eigenvalue weighted by Crippen LogP contribution is -2.06. The number of anilines is 1. The van der Waals surface area contributed by atoms with Crippen LogP contribution in [0.25, 0.3) is 0 Å². The lowest BCUT2D eigenvalue weighted by atomic mass is 10.3. The van der Waals surface area contributed by atoms with Crippen molar-refractivity contribution in [3.05, 3.63) is 30.3 Å². The zero-order valence-corrected chi connectivity index (χ0v) is 8.04. The third-order valence-corrected chi connectivity index (χ3v) is 1.03. The molecule has 0 saturated carbocycles. The second-order valence-corrected chi connectivity index (χ2v) is 2.64. The quantitative estimate of drug-likeness (QED) is 0.530. The lowest BCUT2D eigenvalue weighted by molar-refractivity contribution is 0.209. The highest BCUT2D eigenvalue weighted by Gasteiger charge is 1.93. The van der Waals surface area contributed by atoms with Gasteiger partial charge >= 0.3 is 14.3 Å². The first-order chi connectivity index (χ1) is 6.52. The Balaban J connectivity index is 0.000000364. The van der Waals surface area contributed by atoms with Crippen molar-refractivity contribution in [2.45, 2.75) is 0 Å². The van der Waals surface area contributed by atoms with E-state index in [9.17, 15) is 4.79 Å². The molecule has 1 rings (SSSR count). The maximum atomic E-state index is 10.1. The van der Waals surface area contributed by atoms with Crippen LogP contribution < -0.4 is 5.32 Å². The third kappa shape index (κ3) is 8.73. The number of benzene rings is 1. The van der Waals surface area contributed by atoms with Crippen LogP contribution in [0.3, 0.4) is 0 Å². The van der Waals surface area contributed by atoms with Gasteiger partial charge in [0.1, 0.15) is 0 Å². The zero-order chi connectivity index (χ0) is 11.0. The molecular weight excluding hydrogens is 209 g/mol. The summed E-state index contributed by atoms with van der Waals surface area (Å²) in [5.74, 6) is 0. The Morgan fingerprint density at radius 3 is 2.00 bits per heavy atom. The summed E-state index contributed by atoms with van der Waals surface area (Å²) in [7, 11) is -3.13. The van der Waals surface area contributed by atoms with Crippen LogP contribution in [0.2, 0.25) is 0 Å². The Hall–Kier alpha value is -1.36. The van der Waals surface area contributed by atoms with Crippen LogP contribution in [0.4, 0.5) is 10.5 Å². The Morgan fingerprint density at radius 2 is 1.64 bits per heavy atom. The van der Waals surface area contributed by atoms with Crippen LogP contribution in [-0.4, -0.2) is 21.0 Å². The van der Waals surface area contributed by atoms with E-state index in [1.54, 1.807) is 24.3 Å². The predicted molar refractivity (Wildman–Crippen MR) is 51.5 cm³/mol. The molecule has 0 radical (unpaired) electrons. The van der Waals surface area contributed by atoms with Gasteiger partial charge in [-0.15, -0.1) is 0 Å². The van der Waals surface area contributed by atoms with E-state index in [4.69, 9.17) is 19.5 Å². The minimum Gasteiger partial charge on any atom is -0.465 e. The second-order valence-electron chi connectivity index (χ2n) is 2.08. The summed E-state index contributed by atoms with van der Waals surface area (Å²) >= 11 is 0. The summed E-state index contributed by atoms with van der Waals surface area (Å²) in [5, 5.41) is 10.5. The van der Waals surface area contributed by atoms with Gasteiger partial charge in [-0.1, -0.05) is 18.2 Å². The summed E-state index contributed by atoms with van der Waals surface area (Å²) < 4.78 is 8.74. The second kappa shape index (κ2) is 7.08. The van der Waals surface area contributed by atoms with E-state index >= 15 is 0 Å². The SMILES string of the molecule is O=C(O)Nc1ccccc1.O=[PH](O)O. The number of nitrogens with one attached hydrogen (secondary N) is 1. The Morgan fingerprint density at radius 1 is 1.21 bits per heavy atom. The molecule has 1 aromatic carbocycles. The van der Waals surface area contributed by atoms with Crippen molar-refractivity contribution in [3.63, 3.8) is 0 Å². The molecule has 14 heavy (non-hydrogen) atoms. The summed E-state index contributed by atoms with van der Waals surface area (Å²) in [5.41, 5.74) is 0.593. The van der Waals surface area contributed by atoms with Crippen LogP contribution in [0, 0.1) is 0 Å². The molecule has 0 aromatic heterocycles. The molecule has 0 unspecified atom stereocenters. The van der Waals surface area contributed by atoms with Crippen molar-refractivity contribution < 1.29 is 24.3 Å². The summed E-state index contributed by atoms with van der Waals surface area (Å²) in [6.07, 6.45) is -1.04. The highest BCUT2D eigenvalue weighted by molar-refractivity contribution is 7.30. The van der Waals surface area contributed by atoms with E-state index < -0.39 is 14.3 Å². The summed E-state index contributed by atoms with van der Waals surface area (Å²) in [6.45, 7) is 0. The average molecular weight is 219 g/mol. The molecule has 1 amide bonds. The van der Waals surface area contributed by atoms with Crippen molar-refractivity contribution in [1.82, 2.24) is 0 Å². The van der Waals surface area contributed by atoms with E-state index in [-0.39, 0.29) is 0 Å². The van der Waals surface area contributed by atoms with Gasteiger partial charge in [0.15, 0.2) is 0 Å². The molecule has 6 nitrogen and oxygen atoms in total. The Labute approximate surface area is 80.8 Å². The number of amides is 1. The molecule has 4 N–H and O–H groups in total. The first-order valence-corrected chi connectivity index (χ1v) is 4.79. The van der Waals surface area contributed by atoms with E-state index in [1.165, 1.54) is 0 Å². The van der Waals surface area contributed by atoms with Crippen molar-refractivity contribution in [3.8, 4) is 0 Å². The topological polar surface area (TPSA) is 107 Å². The number of carboxylic acid groups (broad SMARTS) is 1. The van der Waals surface area contributed by atoms with Gasteiger partial charge in [-0.05, 0) is 12.1 Å². The fraction of sp³-hybridized carbons (Fsp3) is 0. The molecule has 0 atom stereocenters. The zero-order valence-electron chi connectivity index (χ0n) is 7.04. The van der Waals surface area contributed by atoms with E-state index in [2.05, 4.69) is 5.32 Å². The summed E-state index contributed by atoms with van der Waals surface area (Å²) in [6, 6.07) is 8.74. The summed E-state index contributed by atoms with van der Waals surface area (Å²) in [4.78, 5) is 24.4. The van der Waals surface area contributed by atoms with Crippen LogP contribution >= 0.6 is 8.25 Å². The highest BCUT2D eigenvalue weighted by Crippen LogP contribution is 2.03. The smallest absolute Gasteiger partial charge is 0.409 e. The van der Waals surface area contributed by atoms with Gasteiger partial charge < -0.3 is 14.9 Å². The van der Waals surface area contributed by atoms with E-state index in [0.717, 1.165) is 0 Å². The normalized spacial score (nSPS) is 8.79. The van der Waals surface area contributed by atoms with Gasteiger partial charge in [-0.2, -0.15) is 0 Å². The van der Waals surface area contributed by atoms with Crippen molar-refractivity contribution in [2.75, 3.05) is 5.32 Å². The fourth-order valence-corrected chi connectivity index (χ4v) is 0.645. The van der Waals surface area contributed by atoms with Crippen molar-refractivity contribution in [2.24, 2.45) is 0 Å². The molecule has 78 valence electrons. The van der Waals surface area contributed by atoms with Crippen LogP contribution in [0.1, 0.15) is 0 Å². The fourth-order valence-electron chi connectivity index (χ4n) is 0.645. The van der Waals surface area contributed by atoms with Gasteiger partial charge in [0, 0.05) is 5.69 Å². The van der Waals surface area contributed by atoms with Crippen LogP contribution in [0.15, 0.2) is 30.3 Å². The van der Waals surface area contributed by atoms with Crippen molar-refractivity contribution >= 4 is 20.0 Å². The molecule has 1 aromatic rings. The molecule has 0 spiro atoms. The average Bonchev–Trinajstić information content (AvgIpc) is 2.03. The van der Waals surface area contributed by atoms with Crippen LogP contribution in [-0.2, 0) is 4.57 Å². The van der Waals surface area contributed by atoms with E-state index in [0.29, 0.717) is 5.69 Å². The first-order valence-electron chi connectivity index (χ1n) is 3.49.